The van der Waals surface area contributed by atoms with Gasteiger partial charge in [0.25, 0.3) is 5.91 Å². The molecule has 5 heteroatoms. The van der Waals surface area contributed by atoms with Gasteiger partial charge in [0.05, 0.1) is 11.8 Å². The van der Waals surface area contributed by atoms with Crippen molar-refractivity contribution in [3.05, 3.63) is 17.5 Å². The highest BCUT2D eigenvalue weighted by Gasteiger charge is 2.26. The van der Waals surface area contributed by atoms with Crippen LogP contribution in [-0.2, 0) is 0 Å². The van der Waals surface area contributed by atoms with Gasteiger partial charge >= 0.3 is 0 Å². The molecule has 1 atom stereocenters. The van der Waals surface area contributed by atoms with Crippen LogP contribution in [0.1, 0.15) is 61.5 Å². The fourth-order valence-electron chi connectivity index (χ4n) is 4.00. The molecule has 3 rings (SSSR count). The van der Waals surface area contributed by atoms with Gasteiger partial charge in [0.15, 0.2) is 0 Å². The van der Waals surface area contributed by atoms with Crippen molar-refractivity contribution < 1.29 is 4.79 Å². The number of H-pyrrole nitrogens is 1. The maximum absolute atomic E-state index is 12.5. The lowest BCUT2D eigenvalue weighted by Gasteiger charge is -2.36. The van der Waals surface area contributed by atoms with Crippen molar-refractivity contribution in [2.45, 2.75) is 58.4 Å². The second-order valence-electron chi connectivity index (χ2n) is 7.31. The van der Waals surface area contributed by atoms with Crippen LogP contribution in [0.5, 0.6) is 0 Å². The molecule has 5 nitrogen and oxygen atoms in total. The van der Waals surface area contributed by atoms with E-state index < -0.39 is 0 Å². The summed E-state index contributed by atoms with van der Waals surface area (Å²) in [7, 11) is 0. The van der Waals surface area contributed by atoms with Gasteiger partial charge in [0.2, 0.25) is 0 Å². The predicted octanol–water partition coefficient (Wildman–Crippen LogP) is 2.83. The van der Waals surface area contributed by atoms with E-state index in [2.05, 4.69) is 22.0 Å². The Hall–Kier alpha value is -1.36. The van der Waals surface area contributed by atoms with Gasteiger partial charge in [-0.25, -0.2) is 0 Å². The summed E-state index contributed by atoms with van der Waals surface area (Å²) in [6.07, 6.45) is 9.35. The minimum absolute atomic E-state index is 0.138. The molecule has 2 aliphatic rings. The Morgan fingerprint density at radius 1 is 1.26 bits per heavy atom. The molecule has 128 valence electrons. The monoisotopic (exact) mass is 318 g/mol. The van der Waals surface area contributed by atoms with Gasteiger partial charge in [0.1, 0.15) is 0 Å². The van der Waals surface area contributed by atoms with E-state index in [1.54, 1.807) is 6.20 Å². The van der Waals surface area contributed by atoms with Crippen LogP contribution < -0.4 is 0 Å². The third-order valence-corrected chi connectivity index (χ3v) is 5.73. The zero-order valence-corrected chi connectivity index (χ0v) is 14.6. The molecule has 0 aliphatic carbocycles. The number of carbonyl (C=O) groups excluding carboxylic acids is 1. The fraction of sp³-hybridized carbons (Fsp3) is 0.778. The standard InChI is InChI=1S/C18H30N4O/c1-14-5-3-4-9-21(14)10-6-16-7-11-22(12-8-16)18(23)17-13-19-20-15(17)2/h13-14,16H,3-12H2,1-2H3,(H,19,20). The van der Waals surface area contributed by atoms with Crippen molar-refractivity contribution in [2.24, 2.45) is 5.92 Å². The first-order chi connectivity index (χ1) is 11.1. The molecule has 2 fully saturated rings. The van der Waals surface area contributed by atoms with E-state index in [4.69, 9.17) is 0 Å². The summed E-state index contributed by atoms with van der Waals surface area (Å²) in [6, 6.07) is 0.759. The summed E-state index contributed by atoms with van der Waals surface area (Å²) in [5, 5.41) is 6.82. The molecule has 1 unspecified atom stereocenters. The van der Waals surface area contributed by atoms with Crippen LogP contribution in [-0.4, -0.2) is 58.1 Å². The average molecular weight is 318 g/mol. The minimum atomic E-state index is 0.138. The van der Waals surface area contributed by atoms with Gasteiger partial charge in [-0.1, -0.05) is 6.42 Å². The van der Waals surface area contributed by atoms with Crippen LogP contribution in [0.25, 0.3) is 0 Å². The number of carbonyl (C=O) groups is 1. The van der Waals surface area contributed by atoms with Crippen molar-refractivity contribution in [1.29, 1.82) is 0 Å². The van der Waals surface area contributed by atoms with Gasteiger partial charge in [-0.2, -0.15) is 5.10 Å². The number of nitrogens with one attached hydrogen (secondary N) is 1. The smallest absolute Gasteiger partial charge is 0.257 e. The topological polar surface area (TPSA) is 52.2 Å². The number of rotatable bonds is 4. The van der Waals surface area contributed by atoms with E-state index in [-0.39, 0.29) is 5.91 Å². The van der Waals surface area contributed by atoms with Crippen LogP contribution in [0, 0.1) is 12.8 Å². The lowest BCUT2D eigenvalue weighted by atomic mass is 9.92. The molecule has 0 bridgehead atoms. The van der Waals surface area contributed by atoms with Gasteiger partial charge in [-0.05, 0) is 65.0 Å². The number of aromatic nitrogens is 2. The van der Waals surface area contributed by atoms with Crippen LogP contribution in [0.4, 0.5) is 0 Å². The van der Waals surface area contributed by atoms with Crippen LogP contribution in [0.3, 0.4) is 0 Å². The molecule has 3 heterocycles. The first-order valence-electron chi connectivity index (χ1n) is 9.18. The SMILES string of the molecule is Cc1[nH]ncc1C(=O)N1CCC(CCN2CCCCC2C)CC1. The number of nitrogens with zero attached hydrogens (tertiary/aromatic N) is 3. The molecule has 0 aromatic carbocycles. The van der Waals surface area contributed by atoms with Gasteiger partial charge in [0, 0.05) is 24.8 Å². The molecule has 2 saturated heterocycles. The van der Waals surface area contributed by atoms with E-state index in [0.717, 1.165) is 49.1 Å². The van der Waals surface area contributed by atoms with E-state index in [1.165, 1.54) is 38.8 Å². The zero-order valence-electron chi connectivity index (χ0n) is 14.6. The van der Waals surface area contributed by atoms with Gasteiger partial charge in [-0.15, -0.1) is 0 Å². The van der Waals surface area contributed by atoms with Gasteiger partial charge < -0.3 is 9.80 Å². The summed E-state index contributed by atoms with van der Waals surface area (Å²) in [5.74, 6) is 0.915. The summed E-state index contributed by atoms with van der Waals surface area (Å²) < 4.78 is 0. The Bertz CT molecular complexity index is 519. The quantitative estimate of drug-likeness (QED) is 0.929. The third-order valence-electron chi connectivity index (χ3n) is 5.73. The van der Waals surface area contributed by atoms with Crippen LogP contribution in [0.15, 0.2) is 6.20 Å². The molecular weight excluding hydrogens is 288 g/mol. The van der Waals surface area contributed by atoms with Crippen molar-refractivity contribution in [3.63, 3.8) is 0 Å². The second-order valence-corrected chi connectivity index (χ2v) is 7.31. The zero-order chi connectivity index (χ0) is 16.2. The maximum Gasteiger partial charge on any atom is 0.257 e. The molecule has 1 aromatic rings. The largest absolute Gasteiger partial charge is 0.339 e. The second kappa shape index (κ2) is 7.47. The van der Waals surface area contributed by atoms with E-state index >= 15 is 0 Å². The average Bonchev–Trinajstić information content (AvgIpc) is 3.00. The normalized spacial score (nSPS) is 24.1. The molecular formula is C18H30N4O. The number of aromatic amines is 1. The van der Waals surface area contributed by atoms with Gasteiger partial charge in [-0.3, -0.25) is 9.89 Å². The number of amides is 1. The molecule has 0 radical (unpaired) electrons. The number of hydrogen-bond donors (Lipinski definition) is 1. The molecule has 0 spiro atoms. The summed E-state index contributed by atoms with van der Waals surface area (Å²) in [5.41, 5.74) is 1.60. The summed E-state index contributed by atoms with van der Waals surface area (Å²) in [6.45, 7) is 8.58. The molecule has 2 aliphatic heterocycles. The van der Waals surface area contributed by atoms with Crippen LogP contribution in [0.2, 0.25) is 0 Å². The lowest BCUT2D eigenvalue weighted by molar-refractivity contribution is 0.0672. The van der Waals surface area contributed by atoms with Crippen molar-refractivity contribution in [1.82, 2.24) is 20.0 Å². The third kappa shape index (κ3) is 3.94. The fourth-order valence-corrected chi connectivity index (χ4v) is 4.00. The number of aryl methyl sites for hydroxylation is 1. The summed E-state index contributed by atoms with van der Waals surface area (Å²) >= 11 is 0. The highest BCUT2D eigenvalue weighted by atomic mass is 16.2. The van der Waals surface area contributed by atoms with Crippen molar-refractivity contribution >= 4 is 5.91 Å². The Kier molecular flexibility index (Phi) is 5.36. The number of piperidine rings is 2. The predicted molar refractivity (Wildman–Crippen MR) is 91.5 cm³/mol. The highest BCUT2D eigenvalue weighted by Crippen LogP contribution is 2.24. The molecule has 1 N–H and O–H groups in total. The highest BCUT2D eigenvalue weighted by molar-refractivity contribution is 5.95. The maximum atomic E-state index is 12.5. The lowest BCUT2D eigenvalue weighted by Crippen LogP contribution is -2.41. The Morgan fingerprint density at radius 3 is 2.70 bits per heavy atom. The summed E-state index contributed by atoms with van der Waals surface area (Å²) in [4.78, 5) is 17.2. The molecule has 0 saturated carbocycles. The molecule has 1 aromatic heterocycles. The number of hydrogen-bond acceptors (Lipinski definition) is 3. The van der Waals surface area contributed by atoms with Crippen molar-refractivity contribution in [3.8, 4) is 0 Å². The minimum Gasteiger partial charge on any atom is -0.339 e. The van der Waals surface area contributed by atoms with E-state index in [9.17, 15) is 4.79 Å². The Labute approximate surface area is 139 Å². The first-order valence-corrected chi connectivity index (χ1v) is 9.18. The first kappa shape index (κ1) is 16.5. The van der Waals surface area contributed by atoms with Crippen LogP contribution >= 0.6 is 0 Å². The Morgan fingerprint density at radius 2 is 2.04 bits per heavy atom. The van der Waals surface area contributed by atoms with E-state index in [0.29, 0.717) is 0 Å². The number of likely N-dealkylation sites (tertiary alicyclic amines) is 2. The Balaban J connectivity index is 1.43. The van der Waals surface area contributed by atoms with E-state index in [1.807, 2.05) is 11.8 Å². The van der Waals surface area contributed by atoms with Crippen molar-refractivity contribution in [2.75, 3.05) is 26.2 Å². The molecule has 23 heavy (non-hydrogen) atoms. The molecule has 1 amide bonds.